The molecule has 2 N–H and O–H groups in total. The second-order valence-electron chi connectivity index (χ2n) is 5.98. The minimum atomic E-state index is -1.81. The summed E-state index contributed by atoms with van der Waals surface area (Å²) in [5.74, 6) is -1.58. The van der Waals surface area contributed by atoms with E-state index in [0.29, 0.717) is 27.9 Å². The number of benzene rings is 1. The van der Waals surface area contributed by atoms with Crippen molar-refractivity contribution in [2.24, 2.45) is 0 Å². The molecule has 7 nitrogen and oxygen atoms in total. The highest BCUT2D eigenvalue weighted by Gasteiger charge is 2.47. The molecular formula is C18H17ClN2O5S. The standard InChI is InChI=1S/C18H17ClN2O5S/c1-4-10-8-11(15(22)25-3)14(27-10)21-17(24)18(2)16(23)20-12-7-9(19)5-6-13(12)26-18/h5-8H,4H2,1-3H3,(H,20,23)(H,21,24). The van der Waals surface area contributed by atoms with E-state index in [2.05, 4.69) is 10.6 Å². The Hall–Kier alpha value is -2.58. The highest BCUT2D eigenvalue weighted by molar-refractivity contribution is 7.16. The van der Waals surface area contributed by atoms with Crippen molar-refractivity contribution in [3.05, 3.63) is 39.7 Å². The highest BCUT2D eigenvalue weighted by atomic mass is 35.5. The van der Waals surface area contributed by atoms with Gasteiger partial charge in [-0.05, 0) is 37.6 Å². The van der Waals surface area contributed by atoms with Crippen LogP contribution in [0, 0.1) is 0 Å². The summed E-state index contributed by atoms with van der Waals surface area (Å²) in [5.41, 5.74) is -1.19. The molecule has 0 saturated heterocycles. The van der Waals surface area contributed by atoms with Crippen LogP contribution in [0.4, 0.5) is 10.7 Å². The predicted molar refractivity (Wildman–Crippen MR) is 103 cm³/mol. The van der Waals surface area contributed by atoms with Gasteiger partial charge in [0.25, 0.3) is 17.4 Å². The van der Waals surface area contributed by atoms with Gasteiger partial charge in [0, 0.05) is 9.90 Å². The minimum absolute atomic E-state index is 0.236. The van der Waals surface area contributed by atoms with Crippen LogP contribution in [0.2, 0.25) is 5.02 Å². The van der Waals surface area contributed by atoms with Crippen molar-refractivity contribution in [1.29, 1.82) is 0 Å². The van der Waals surface area contributed by atoms with Gasteiger partial charge in [0.1, 0.15) is 10.8 Å². The van der Waals surface area contributed by atoms with Crippen molar-refractivity contribution in [2.45, 2.75) is 25.9 Å². The number of ether oxygens (including phenoxy) is 2. The van der Waals surface area contributed by atoms with Crippen molar-refractivity contribution in [3.8, 4) is 5.75 Å². The number of halogens is 1. The third-order valence-electron chi connectivity index (χ3n) is 4.13. The number of rotatable bonds is 4. The van der Waals surface area contributed by atoms with E-state index in [1.165, 1.54) is 31.4 Å². The molecule has 1 aromatic heterocycles. The lowest BCUT2D eigenvalue weighted by molar-refractivity contribution is -0.143. The Labute approximate surface area is 164 Å². The Kier molecular flexibility index (Phi) is 5.12. The number of thiophene rings is 1. The zero-order chi connectivity index (χ0) is 19.8. The average molecular weight is 409 g/mol. The topological polar surface area (TPSA) is 93.7 Å². The van der Waals surface area contributed by atoms with Crippen LogP contribution in [-0.4, -0.2) is 30.5 Å². The molecule has 2 heterocycles. The summed E-state index contributed by atoms with van der Waals surface area (Å²) in [7, 11) is 1.26. The molecule has 1 aliphatic rings. The van der Waals surface area contributed by atoms with Crippen LogP contribution in [-0.2, 0) is 20.7 Å². The first kappa shape index (κ1) is 19.2. The van der Waals surface area contributed by atoms with Crippen LogP contribution < -0.4 is 15.4 Å². The average Bonchev–Trinajstić information content (AvgIpc) is 3.05. The van der Waals surface area contributed by atoms with Crippen LogP contribution in [0.1, 0.15) is 29.1 Å². The molecule has 0 bridgehead atoms. The van der Waals surface area contributed by atoms with Crippen molar-refractivity contribution >= 4 is 51.4 Å². The normalized spacial score (nSPS) is 18.1. The van der Waals surface area contributed by atoms with E-state index >= 15 is 0 Å². The number of esters is 1. The summed E-state index contributed by atoms with van der Waals surface area (Å²) in [4.78, 5) is 38.3. The third kappa shape index (κ3) is 3.50. The fourth-order valence-electron chi connectivity index (χ4n) is 2.54. The summed E-state index contributed by atoms with van der Waals surface area (Å²) in [6.07, 6.45) is 0.687. The number of carbonyl (C=O) groups excluding carboxylic acids is 3. The van der Waals surface area contributed by atoms with Crippen molar-refractivity contribution in [1.82, 2.24) is 0 Å². The number of nitrogens with one attached hydrogen (secondary N) is 2. The minimum Gasteiger partial charge on any atom is -0.466 e. The Morgan fingerprint density at radius 1 is 1.37 bits per heavy atom. The Balaban J connectivity index is 1.90. The van der Waals surface area contributed by atoms with Crippen molar-refractivity contribution in [2.75, 3.05) is 17.7 Å². The smallest absolute Gasteiger partial charge is 0.340 e. The number of fused-ring (bicyclic) bond motifs is 1. The summed E-state index contributed by atoms with van der Waals surface area (Å²) in [6, 6.07) is 6.36. The maximum Gasteiger partial charge on any atom is 0.340 e. The summed E-state index contributed by atoms with van der Waals surface area (Å²) in [5, 5.41) is 5.99. The van der Waals surface area contributed by atoms with Gasteiger partial charge in [-0.25, -0.2) is 4.79 Å². The molecule has 1 aromatic carbocycles. The highest BCUT2D eigenvalue weighted by Crippen LogP contribution is 2.37. The lowest BCUT2D eigenvalue weighted by Gasteiger charge is -2.33. The largest absolute Gasteiger partial charge is 0.466 e. The summed E-state index contributed by atoms with van der Waals surface area (Å²) in [6.45, 7) is 3.29. The van der Waals surface area contributed by atoms with E-state index in [-0.39, 0.29) is 5.56 Å². The fourth-order valence-corrected chi connectivity index (χ4v) is 3.69. The first-order valence-electron chi connectivity index (χ1n) is 8.11. The maximum atomic E-state index is 12.9. The number of hydrogen-bond acceptors (Lipinski definition) is 6. The van der Waals surface area contributed by atoms with Gasteiger partial charge in [-0.15, -0.1) is 11.3 Å². The second-order valence-corrected chi connectivity index (χ2v) is 7.56. The van der Waals surface area contributed by atoms with Crippen molar-refractivity contribution in [3.63, 3.8) is 0 Å². The monoisotopic (exact) mass is 408 g/mol. The SMILES string of the molecule is CCc1cc(C(=O)OC)c(NC(=O)C2(C)Oc3ccc(Cl)cc3NC2=O)s1. The molecule has 1 unspecified atom stereocenters. The molecule has 0 radical (unpaired) electrons. The number of hydrogen-bond donors (Lipinski definition) is 2. The van der Waals surface area contributed by atoms with Crippen LogP contribution in [0.3, 0.4) is 0 Å². The Morgan fingerprint density at radius 3 is 2.78 bits per heavy atom. The molecule has 27 heavy (non-hydrogen) atoms. The van der Waals surface area contributed by atoms with Crippen LogP contribution in [0.15, 0.2) is 24.3 Å². The zero-order valence-corrected chi connectivity index (χ0v) is 16.4. The van der Waals surface area contributed by atoms with Gasteiger partial charge in [-0.1, -0.05) is 18.5 Å². The van der Waals surface area contributed by atoms with Gasteiger partial charge < -0.3 is 20.1 Å². The number of aryl methyl sites for hydroxylation is 1. The fraction of sp³-hybridized carbons (Fsp3) is 0.278. The van der Waals surface area contributed by atoms with Crippen LogP contribution in [0.5, 0.6) is 5.75 Å². The first-order chi connectivity index (χ1) is 12.8. The van der Waals surface area contributed by atoms with Crippen molar-refractivity contribution < 1.29 is 23.9 Å². The van der Waals surface area contributed by atoms with Crippen LogP contribution in [0.25, 0.3) is 0 Å². The number of methoxy groups -OCH3 is 1. The lowest BCUT2D eigenvalue weighted by atomic mass is 10.0. The van der Waals surface area contributed by atoms with E-state index < -0.39 is 23.4 Å². The van der Waals surface area contributed by atoms with E-state index in [9.17, 15) is 14.4 Å². The second kappa shape index (κ2) is 7.21. The number of carbonyl (C=O) groups is 3. The third-order valence-corrected chi connectivity index (χ3v) is 5.56. The quantitative estimate of drug-likeness (QED) is 0.596. The van der Waals surface area contributed by atoms with Gasteiger partial charge >= 0.3 is 5.97 Å². The van der Waals surface area contributed by atoms with Gasteiger partial charge in [0.2, 0.25) is 0 Å². The molecule has 1 atom stereocenters. The van der Waals surface area contributed by atoms with Gasteiger partial charge in [-0.3, -0.25) is 9.59 Å². The molecule has 9 heteroatoms. The predicted octanol–water partition coefficient (Wildman–Crippen LogP) is 3.48. The van der Waals surface area contributed by atoms with E-state index in [4.69, 9.17) is 21.1 Å². The van der Waals surface area contributed by atoms with E-state index in [1.54, 1.807) is 18.2 Å². The van der Waals surface area contributed by atoms with Gasteiger partial charge in [-0.2, -0.15) is 0 Å². The molecule has 0 spiro atoms. The molecule has 3 rings (SSSR count). The van der Waals surface area contributed by atoms with Gasteiger partial charge in [0.15, 0.2) is 0 Å². The molecule has 1 aliphatic heterocycles. The molecule has 2 aromatic rings. The van der Waals surface area contributed by atoms with Crippen LogP contribution >= 0.6 is 22.9 Å². The van der Waals surface area contributed by atoms with E-state index in [0.717, 1.165) is 4.88 Å². The molecule has 142 valence electrons. The lowest BCUT2D eigenvalue weighted by Crippen LogP contribution is -2.56. The Morgan fingerprint density at radius 2 is 2.11 bits per heavy atom. The molecule has 0 saturated carbocycles. The van der Waals surface area contributed by atoms with E-state index in [1.807, 2.05) is 6.92 Å². The Bertz CT molecular complexity index is 942. The number of anilines is 2. The summed E-state index contributed by atoms with van der Waals surface area (Å²) >= 11 is 7.16. The molecule has 0 fully saturated rings. The maximum absolute atomic E-state index is 12.9. The molecule has 0 aliphatic carbocycles. The first-order valence-corrected chi connectivity index (χ1v) is 9.30. The molecular weight excluding hydrogens is 392 g/mol. The zero-order valence-electron chi connectivity index (χ0n) is 14.8. The summed E-state index contributed by atoms with van der Waals surface area (Å²) < 4.78 is 10.4. The number of amides is 2. The van der Waals surface area contributed by atoms with Gasteiger partial charge in [0.05, 0.1) is 18.4 Å². The molecule has 2 amide bonds.